The second-order valence-electron chi connectivity index (χ2n) is 23.8. The average Bonchev–Trinajstić information content (AvgIpc) is 3.43. The number of esters is 3. The van der Waals surface area contributed by atoms with E-state index in [0.717, 1.165) is 70.6 Å². The summed E-state index contributed by atoms with van der Waals surface area (Å²) in [5.41, 5.74) is 0. The van der Waals surface area contributed by atoms with Crippen LogP contribution in [0.3, 0.4) is 0 Å². The molecule has 0 spiro atoms. The highest BCUT2D eigenvalue weighted by Crippen LogP contribution is 2.19. The molecule has 0 aromatic carbocycles. The van der Waals surface area contributed by atoms with E-state index in [0.29, 0.717) is 19.3 Å². The number of hydrogen-bond donors (Lipinski definition) is 0. The van der Waals surface area contributed by atoms with Crippen molar-refractivity contribution < 1.29 is 28.6 Å². The Hall–Kier alpha value is -2.11. The summed E-state index contributed by atoms with van der Waals surface area (Å²) in [5, 5.41) is 0. The number of hydrogen-bond acceptors (Lipinski definition) is 6. The van der Waals surface area contributed by atoms with Crippen molar-refractivity contribution in [2.45, 2.75) is 399 Å². The van der Waals surface area contributed by atoms with Crippen LogP contribution in [0.5, 0.6) is 0 Å². The van der Waals surface area contributed by atoms with Crippen molar-refractivity contribution in [3.05, 3.63) is 24.3 Å². The van der Waals surface area contributed by atoms with Crippen molar-refractivity contribution in [2.24, 2.45) is 0 Å². The lowest BCUT2D eigenvalue weighted by Crippen LogP contribution is -2.30. The molecule has 454 valence electrons. The molecule has 0 N–H and O–H groups in total. The van der Waals surface area contributed by atoms with Crippen LogP contribution < -0.4 is 0 Å². The van der Waals surface area contributed by atoms with Crippen molar-refractivity contribution in [3.63, 3.8) is 0 Å². The minimum atomic E-state index is -0.771. The van der Waals surface area contributed by atoms with Gasteiger partial charge in [0.15, 0.2) is 6.10 Å². The summed E-state index contributed by atoms with van der Waals surface area (Å²) in [4.78, 5) is 38.3. The lowest BCUT2D eigenvalue weighted by atomic mass is 10.0. The van der Waals surface area contributed by atoms with E-state index in [1.54, 1.807) is 0 Å². The minimum absolute atomic E-state index is 0.0686. The highest BCUT2D eigenvalue weighted by molar-refractivity contribution is 5.71. The Balaban J connectivity index is 4.08. The summed E-state index contributed by atoms with van der Waals surface area (Å²) in [6.07, 6.45) is 80.8. The summed E-state index contributed by atoms with van der Waals surface area (Å²) >= 11 is 0. The first-order chi connectivity index (χ1) is 38.0. The number of unbranched alkanes of at least 4 members (excludes halogenated alkanes) is 50. The van der Waals surface area contributed by atoms with Crippen molar-refractivity contribution in [1.82, 2.24) is 0 Å². The zero-order valence-electron chi connectivity index (χ0n) is 52.3. The largest absolute Gasteiger partial charge is 0.462 e. The lowest BCUT2D eigenvalue weighted by molar-refractivity contribution is -0.167. The normalized spacial score (nSPS) is 12.1. The predicted octanol–water partition coefficient (Wildman–Crippen LogP) is 23.8. The molecule has 0 fully saturated rings. The van der Waals surface area contributed by atoms with Gasteiger partial charge in [0, 0.05) is 19.3 Å². The number of allylic oxidation sites excluding steroid dienone is 4. The first kappa shape index (κ1) is 74.9. The van der Waals surface area contributed by atoms with Gasteiger partial charge in [-0.05, 0) is 51.4 Å². The third-order valence-corrected chi connectivity index (χ3v) is 16.0. The van der Waals surface area contributed by atoms with Gasteiger partial charge < -0.3 is 14.2 Å². The van der Waals surface area contributed by atoms with Gasteiger partial charge in [-0.2, -0.15) is 0 Å². The van der Waals surface area contributed by atoms with E-state index in [2.05, 4.69) is 45.1 Å². The molecule has 0 saturated heterocycles. The van der Waals surface area contributed by atoms with Gasteiger partial charge in [0.1, 0.15) is 13.2 Å². The van der Waals surface area contributed by atoms with Crippen molar-refractivity contribution >= 4 is 17.9 Å². The fraction of sp³-hybridized carbons (Fsp3) is 0.901. The second kappa shape index (κ2) is 66.4. The third-order valence-electron chi connectivity index (χ3n) is 16.0. The van der Waals surface area contributed by atoms with Crippen LogP contribution in [0, 0.1) is 0 Å². The first-order valence-electron chi connectivity index (χ1n) is 34.8. The van der Waals surface area contributed by atoms with Gasteiger partial charge in [-0.1, -0.05) is 347 Å². The van der Waals surface area contributed by atoms with Crippen LogP contribution in [-0.4, -0.2) is 37.2 Å². The molecule has 0 aromatic rings. The van der Waals surface area contributed by atoms with E-state index in [1.807, 2.05) is 0 Å². The Kier molecular flexibility index (Phi) is 64.6. The molecule has 0 saturated carbocycles. The van der Waals surface area contributed by atoms with Crippen molar-refractivity contribution in [2.75, 3.05) is 13.2 Å². The molecule has 0 radical (unpaired) electrons. The van der Waals surface area contributed by atoms with E-state index < -0.39 is 6.10 Å². The minimum Gasteiger partial charge on any atom is -0.462 e. The van der Waals surface area contributed by atoms with E-state index in [1.165, 1.54) is 283 Å². The highest BCUT2D eigenvalue weighted by Gasteiger charge is 2.19. The monoisotopic (exact) mass is 1080 g/mol. The smallest absolute Gasteiger partial charge is 0.306 e. The standard InChI is InChI=1S/C71H134O6/c1-4-7-10-13-16-19-22-24-26-28-29-30-31-32-33-34-35-36-37-38-39-40-41-43-44-46-49-52-55-58-61-64-70(73)76-67-68(66-75-69(72)63-60-57-54-51-48-21-18-15-12-9-6-3)77-71(74)65-62-59-56-53-50-47-45-42-27-25-23-20-17-14-11-8-5-2/h17,20,25,27,68H,4-16,18-19,21-24,26,28-67H2,1-3H3/b20-17-,27-25-. The topological polar surface area (TPSA) is 78.9 Å². The third kappa shape index (κ3) is 64.6. The number of ether oxygens (including phenoxy) is 3. The summed E-state index contributed by atoms with van der Waals surface area (Å²) < 4.78 is 16.9. The molecular formula is C71H134O6. The van der Waals surface area contributed by atoms with Crippen LogP contribution in [0.4, 0.5) is 0 Å². The quantitative estimate of drug-likeness (QED) is 0.0261. The van der Waals surface area contributed by atoms with Gasteiger partial charge >= 0.3 is 17.9 Å². The summed E-state index contributed by atoms with van der Waals surface area (Å²) in [7, 11) is 0. The van der Waals surface area contributed by atoms with Gasteiger partial charge in [0.25, 0.3) is 0 Å². The maximum atomic E-state index is 12.9. The molecule has 0 heterocycles. The Labute approximate surface area is 481 Å². The molecule has 0 rings (SSSR count). The van der Waals surface area contributed by atoms with Crippen LogP contribution in [0.1, 0.15) is 393 Å². The van der Waals surface area contributed by atoms with Crippen LogP contribution in [0.2, 0.25) is 0 Å². The highest BCUT2D eigenvalue weighted by atomic mass is 16.6. The predicted molar refractivity (Wildman–Crippen MR) is 335 cm³/mol. The molecule has 1 atom stereocenters. The van der Waals surface area contributed by atoms with Crippen LogP contribution in [0.15, 0.2) is 24.3 Å². The van der Waals surface area contributed by atoms with E-state index >= 15 is 0 Å². The summed E-state index contributed by atoms with van der Waals surface area (Å²) in [6, 6.07) is 0. The average molecular weight is 1080 g/mol. The molecule has 1 unspecified atom stereocenters. The zero-order chi connectivity index (χ0) is 55.7. The molecule has 6 heteroatoms. The molecule has 0 aliphatic heterocycles. The molecule has 77 heavy (non-hydrogen) atoms. The van der Waals surface area contributed by atoms with E-state index in [-0.39, 0.29) is 31.1 Å². The van der Waals surface area contributed by atoms with Crippen molar-refractivity contribution in [3.8, 4) is 0 Å². The van der Waals surface area contributed by atoms with Crippen molar-refractivity contribution in [1.29, 1.82) is 0 Å². The second-order valence-corrected chi connectivity index (χ2v) is 23.8. The van der Waals surface area contributed by atoms with E-state index in [4.69, 9.17) is 14.2 Å². The van der Waals surface area contributed by atoms with Gasteiger partial charge in [-0.25, -0.2) is 0 Å². The van der Waals surface area contributed by atoms with Gasteiger partial charge in [-0.15, -0.1) is 0 Å². The number of rotatable bonds is 65. The molecule has 6 nitrogen and oxygen atoms in total. The van der Waals surface area contributed by atoms with Crippen LogP contribution in [0.25, 0.3) is 0 Å². The van der Waals surface area contributed by atoms with Crippen LogP contribution in [-0.2, 0) is 28.6 Å². The maximum absolute atomic E-state index is 12.9. The van der Waals surface area contributed by atoms with Gasteiger partial charge in [-0.3, -0.25) is 14.4 Å². The number of carbonyl (C=O) groups is 3. The molecule has 0 amide bonds. The van der Waals surface area contributed by atoms with Gasteiger partial charge in [0.05, 0.1) is 0 Å². The lowest BCUT2D eigenvalue weighted by Gasteiger charge is -2.18. The zero-order valence-corrected chi connectivity index (χ0v) is 52.3. The van der Waals surface area contributed by atoms with Gasteiger partial charge in [0.2, 0.25) is 0 Å². The molecule has 0 aromatic heterocycles. The maximum Gasteiger partial charge on any atom is 0.306 e. The Morgan fingerprint density at radius 2 is 0.468 bits per heavy atom. The Bertz CT molecular complexity index is 1240. The SMILES string of the molecule is CCCCC/C=C\C/C=C\CCCCCCCCCC(=O)OC(COC(=O)CCCCCCCCCCCCC)COC(=O)CCCCCCCCCCCCCCCCCCCCCCCCCCCCCCCCC. The van der Waals surface area contributed by atoms with Crippen LogP contribution >= 0.6 is 0 Å². The van der Waals surface area contributed by atoms with E-state index in [9.17, 15) is 14.4 Å². The number of carbonyl (C=O) groups excluding carboxylic acids is 3. The molecule has 0 bridgehead atoms. The Morgan fingerprint density at radius 1 is 0.260 bits per heavy atom. The molecular weight excluding hydrogens is 949 g/mol. The first-order valence-corrected chi connectivity index (χ1v) is 34.8. The Morgan fingerprint density at radius 3 is 0.740 bits per heavy atom. The molecule has 0 aliphatic rings. The molecule has 0 aliphatic carbocycles. The fourth-order valence-corrected chi connectivity index (χ4v) is 10.7. The summed E-state index contributed by atoms with van der Waals surface area (Å²) in [6.45, 7) is 6.67. The summed E-state index contributed by atoms with van der Waals surface area (Å²) in [5.74, 6) is -0.850. The fourth-order valence-electron chi connectivity index (χ4n) is 10.7.